The lowest BCUT2D eigenvalue weighted by Gasteiger charge is -2.12. The number of nitrogens with one attached hydrogen (secondary N) is 1. The number of carbonyl (C=O) groups excluding carboxylic acids is 1. The Hall–Kier alpha value is -3.46. The first kappa shape index (κ1) is 19.5. The smallest absolute Gasteiger partial charge is 0.337 e. The lowest BCUT2D eigenvalue weighted by molar-refractivity contribution is 0.0601. The van der Waals surface area contributed by atoms with Crippen LogP contribution in [0.25, 0.3) is 21.8 Å². The van der Waals surface area contributed by atoms with Gasteiger partial charge in [0.25, 0.3) is 11.1 Å². The summed E-state index contributed by atoms with van der Waals surface area (Å²) >= 11 is 1.36. The van der Waals surface area contributed by atoms with E-state index in [1.807, 2.05) is 18.2 Å². The van der Waals surface area contributed by atoms with E-state index in [4.69, 9.17) is 9.72 Å². The molecule has 0 amide bonds. The zero-order valence-corrected chi connectivity index (χ0v) is 17.4. The molecular weight excluding hydrogens is 416 g/mol. The van der Waals surface area contributed by atoms with Crippen LogP contribution in [0.4, 0.5) is 0 Å². The molecule has 1 N–H and O–H groups in total. The summed E-state index contributed by atoms with van der Waals surface area (Å²) in [5.74, 6) is 0.272. The summed E-state index contributed by atoms with van der Waals surface area (Å²) in [6.07, 6.45) is 1.91. The van der Waals surface area contributed by atoms with Crippen molar-refractivity contribution in [3.05, 3.63) is 74.6 Å². The highest BCUT2D eigenvalue weighted by Gasteiger charge is 2.28. The molecule has 0 bridgehead atoms. The fourth-order valence-electron chi connectivity index (χ4n) is 3.52. The van der Waals surface area contributed by atoms with E-state index >= 15 is 0 Å². The molecule has 2 heterocycles. The molecule has 0 saturated heterocycles. The van der Waals surface area contributed by atoms with E-state index < -0.39 is 5.97 Å². The van der Waals surface area contributed by atoms with Crippen LogP contribution in [0.3, 0.4) is 0 Å². The number of nitrogens with zero attached hydrogens (tertiary/aromatic N) is 3. The molecule has 8 nitrogen and oxygen atoms in total. The average Bonchev–Trinajstić information content (AvgIpc) is 3.62. The molecule has 0 radical (unpaired) electrons. The zero-order valence-electron chi connectivity index (χ0n) is 16.6. The minimum Gasteiger partial charge on any atom is -0.465 e. The molecule has 4 aromatic rings. The van der Waals surface area contributed by atoms with Crippen molar-refractivity contribution in [2.24, 2.45) is 0 Å². The van der Waals surface area contributed by atoms with Crippen LogP contribution < -0.4 is 11.1 Å². The lowest BCUT2D eigenvalue weighted by atomic mass is 10.1. The molecule has 0 aliphatic heterocycles. The number of thioether (sulfide) groups is 1. The van der Waals surface area contributed by atoms with Crippen LogP contribution in [0.1, 0.15) is 35.1 Å². The zero-order chi connectivity index (χ0) is 21.5. The Kier molecular flexibility index (Phi) is 4.82. The van der Waals surface area contributed by atoms with Crippen molar-refractivity contribution in [3.8, 4) is 0 Å². The molecule has 156 valence electrons. The SMILES string of the molecule is COC(=O)c1ccc2c(=O)[nH]c(CSc3nc4ccccc4c(=O)n3C3CC3)nc2c1. The van der Waals surface area contributed by atoms with Gasteiger partial charge in [-0.05, 0) is 43.2 Å². The third-order valence-electron chi connectivity index (χ3n) is 5.20. The Bertz CT molecular complexity index is 1460. The monoisotopic (exact) mass is 434 g/mol. The van der Waals surface area contributed by atoms with Gasteiger partial charge in [-0.1, -0.05) is 23.9 Å². The summed E-state index contributed by atoms with van der Waals surface area (Å²) < 4.78 is 6.49. The summed E-state index contributed by atoms with van der Waals surface area (Å²) in [7, 11) is 1.30. The fourth-order valence-corrected chi connectivity index (χ4v) is 4.45. The second-order valence-corrected chi connectivity index (χ2v) is 8.29. The molecule has 2 aromatic heterocycles. The maximum absolute atomic E-state index is 13.0. The number of aromatic amines is 1. The van der Waals surface area contributed by atoms with E-state index in [1.165, 1.54) is 24.9 Å². The average molecular weight is 434 g/mol. The lowest BCUT2D eigenvalue weighted by Crippen LogP contribution is -2.22. The Morgan fingerprint density at radius 1 is 1.13 bits per heavy atom. The first-order chi connectivity index (χ1) is 15.0. The molecule has 0 unspecified atom stereocenters. The van der Waals surface area contributed by atoms with Crippen molar-refractivity contribution in [3.63, 3.8) is 0 Å². The number of aromatic nitrogens is 4. The van der Waals surface area contributed by atoms with Gasteiger partial charge in [0, 0.05) is 6.04 Å². The number of methoxy groups -OCH3 is 1. The minimum atomic E-state index is -0.492. The van der Waals surface area contributed by atoms with Crippen LogP contribution in [-0.2, 0) is 10.5 Å². The van der Waals surface area contributed by atoms with E-state index in [9.17, 15) is 14.4 Å². The van der Waals surface area contributed by atoms with Gasteiger partial charge in [-0.2, -0.15) is 0 Å². The number of para-hydroxylation sites is 1. The molecule has 0 spiro atoms. The number of carbonyl (C=O) groups is 1. The van der Waals surface area contributed by atoms with Crippen molar-refractivity contribution in [2.45, 2.75) is 29.8 Å². The standard InChI is InChI=1S/C22H18N4O4S/c1-30-21(29)12-6-9-14-17(10-12)23-18(25-19(14)27)11-31-22-24-16-5-3-2-4-15(16)20(28)26(22)13-7-8-13/h2-6,9-10,13H,7-8,11H2,1H3,(H,23,25,27). The predicted octanol–water partition coefficient (Wildman–Crippen LogP) is 3.05. The first-order valence-corrected chi connectivity index (χ1v) is 10.8. The van der Waals surface area contributed by atoms with Gasteiger partial charge in [-0.25, -0.2) is 14.8 Å². The van der Waals surface area contributed by atoms with Gasteiger partial charge in [-0.15, -0.1) is 0 Å². The molecule has 1 aliphatic carbocycles. The van der Waals surface area contributed by atoms with Crippen LogP contribution in [0.15, 0.2) is 57.2 Å². The van der Waals surface area contributed by atoms with E-state index in [0.717, 1.165) is 12.8 Å². The number of hydrogen-bond donors (Lipinski definition) is 1. The van der Waals surface area contributed by atoms with Crippen LogP contribution in [0, 0.1) is 0 Å². The van der Waals surface area contributed by atoms with Gasteiger partial charge in [0.05, 0.1) is 40.2 Å². The van der Waals surface area contributed by atoms with E-state index in [2.05, 4.69) is 9.97 Å². The Balaban J connectivity index is 1.52. The Morgan fingerprint density at radius 3 is 2.71 bits per heavy atom. The van der Waals surface area contributed by atoms with E-state index in [0.29, 0.717) is 44.1 Å². The van der Waals surface area contributed by atoms with Gasteiger partial charge in [-0.3, -0.25) is 14.2 Å². The second-order valence-electron chi connectivity index (χ2n) is 7.34. The second kappa shape index (κ2) is 7.66. The number of ether oxygens (including phenoxy) is 1. The topological polar surface area (TPSA) is 107 Å². The van der Waals surface area contributed by atoms with Crippen LogP contribution in [0.2, 0.25) is 0 Å². The highest BCUT2D eigenvalue weighted by atomic mass is 32.2. The molecule has 0 atom stereocenters. The largest absolute Gasteiger partial charge is 0.465 e. The normalized spacial score (nSPS) is 13.6. The molecular formula is C22H18N4O4S. The van der Waals surface area contributed by atoms with Crippen molar-refractivity contribution in [1.82, 2.24) is 19.5 Å². The quantitative estimate of drug-likeness (QED) is 0.292. The van der Waals surface area contributed by atoms with Crippen molar-refractivity contribution in [1.29, 1.82) is 0 Å². The van der Waals surface area contributed by atoms with Crippen LogP contribution >= 0.6 is 11.8 Å². The maximum atomic E-state index is 13.0. The van der Waals surface area contributed by atoms with Crippen molar-refractivity contribution < 1.29 is 9.53 Å². The van der Waals surface area contributed by atoms with Crippen LogP contribution in [-0.4, -0.2) is 32.6 Å². The summed E-state index contributed by atoms with van der Waals surface area (Å²) in [5.41, 5.74) is 1.05. The Labute approximate surface area is 180 Å². The summed E-state index contributed by atoms with van der Waals surface area (Å²) in [6.45, 7) is 0. The van der Waals surface area contributed by atoms with Gasteiger partial charge in [0.15, 0.2) is 5.16 Å². The van der Waals surface area contributed by atoms with Crippen molar-refractivity contribution in [2.75, 3.05) is 7.11 Å². The molecule has 2 aromatic carbocycles. The van der Waals surface area contributed by atoms with Gasteiger partial charge >= 0.3 is 5.97 Å². The third-order valence-corrected chi connectivity index (χ3v) is 6.17. The number of H-pyrrole nitrogens is 1. The van der Waals surface area contributed by atoms with Gasteiger partial charge in [0.1, 0.15) is 5.82 Å². The highest BCUT2D eigenvalue weighted by Crippen LogP contribution is 2.37. The molecule has 1 aliphatic rings. The van der Waals surface area contributed by atoms with E-state index in [1.54, 1.807) is 22.8 Å². The van der Waals surface area contributed by atoms with Crippen LogP contribution in [0.5, 0.6) is 0 Å². The predicted molar refractivity (Wildman–Crippen MR) is 118 cm³/mol. The van der Waals surface area contributed by atoms with Gasteiger partial charge < -0.3 is 9.72 Å². The van der Waals surface area contributed by atoms with E-state index in [-0.39, 0.29) is 17.2 Å². The number of fused-ring (bicyclic) bond motifs is 2. The number of esters is 1. The molecule has 31 heavy (non-hydrogen) atoms. The van der Waals surface area contributed by atoms with Gasteiger partial charge in [0.2, 0.25) is 0 Å². The third kappa shape index (κ3) is 3.61. The molecule has 1 fully saturated rings. The van der Waals surface area contributed by atoms with Crippen molar-refractivity contribution >= 4 is 39.5 Å². The summed E-state index contributed by atoms with van der Waals surface area (Å²) in [6, 6.07) is 12.1. The molecule has 9 heteroatoms. The first-order valence-electron chi connectivity index (χ1n) is 9.80. The molecule has 5 rings (SSSR count). The summed E-state index contributed by atoms with van der Waals surface area (Å²) in [5, 5.41) is 1.60. The maximum Gasteiger partial charge on any atom is 0.337 e. The number of hydrogen-bond acceptors (Lipinski definition) is 7. The highest BCUT2D eigenvalue weighted by molar-refractivity contribution is 7.98. The summed E-state index contributed by atoms with van der Waals surface area (Å²) in [4.78, 5) is 49.3. The minimum absolute atomic E-state index is 0.0433. The Morgan fingerprint density at radius 2 is 1.94 bits per heavy atom. The number of rotatable bonds is 5. The fraction of sp³-hybridized carbons (Fsp3) is 0.227. The molecule has 1 saturated carbocycles. The number of benzene rings is 2.